The molecule has 0 atom stereocenters. The number of ether oxygens (including phenoxy) is 1. The summed E-state index contributed by atoms with van der Waals surface area (Å²) in [5, 5.41) is 0.509. The first-order valence-electron chi connectivity index (χ1n) is 5.42. The Labute approximate surface area is 105 Å². The monoisotopic (exact) mass is 251 g/mol. The van der Waals surface area contributed by atoms with Crippen molar-refractivity contribution < 1.29 is 4.74 Å². The topological polar surface area (TPSA) is 63.9 Å². The second kappa shape index (κ2) is 5.21. The Balaban J connectivity index is 2.29. The van der Waals surface area contributed by atoms with E-state index in [1.807, 2.05) is 31.2 Å². The van der Waals surface area contributed by atoms with Crippen LogP contribution in [0, 0.1) is 0 Å². The van der Waals surface area contributed by atoms with Crippen LogP contribution in [-0.4, -0.2) is 16.6 Å². The van der Waals surface area contributed by atoms with Crippen molar-refractivity contribution >= 4 is 11.6 Å². The molecule has 0 spiro atoms. The highest BCUT2D eigenvalue weighted by Crippen LogP contribution is 2.27. The lowest BCUT2D eigenvalue weighted by Gasteiger charge is -2.03. The van der Waals surface area contributed by atoms with E-state index in [1.165, 1.54) is 0 Å². The molecular weight excluding hydrogens is 238 g/mol. The predicted octanol–water partition coefficient (Wildman–Crippen LogP) is 2.59. The van der Waals surface area contributed by atoms with E-state index in [-0.39, 0.29) is 0 Å². The average Bonchev–Trinajstić information content (AvgIpc) is 2.72. The van der Waals surface area contributed by atoms with Crippen LogP contribution in [0.1, 0.15) is 12.7 Å². The van der Waals surface area contributed by atoms with E-state index in [4.69, 9.17) is 22.1 Å². The van der Waals surface area contributed by atoms with Crippen molar-refractivity contribution in [1.29, 1.82) is 0 Å². The summed E-state index contributed by atoms with van der Waals surface area (Å²) < 4.78 is 5.37. The summed E-state index contributed by atoms with van der Waals surface area (Å²) in [5.74, 6) is 1.51. The van der Waals surface area contributed by atoms with Crippen LogP contribution < -0.4 is 10.5 Å². The van der Waals surface area contributed by atoms with E-state index in [0.29, 0.717) is 24.1 Å². The van der Waals surface area contributed by atoms with Crippen molar-refractivity contribution in [2.24, 2.45) is 5.73 Å². The fourth-order valence-corrected chi connectivity index (χ4v) is 1.82. The Bertz CT molecular complexity index is 493. The van der Waals surface area contributed by atoms with Crippen LogP contribution in [0.4, 0.5) is 0 Å². The molecule has 0 fully saturated rings. The summed E-state index contributed by atoms with van der Waals surface area (Å²) in [6.45, 7) is 2.95. The molecule has 1 heterocycles. The quantitative estimate of drug-likeness (QED) is 0.878. The number of hydrogen-bond donors (Lipinski definition) is 2. The predicted molar refractivity (Wildman–Crippen MR) is 68.1 cm³/mol. The maximum Gasteiger partial charge on any atom is 0.134 e. The minimum absolute atomic E-state index is 0.344. The van der Waals surface area contributed by atoms with Crippen LogP contribution in [0.2, 0.25) is 5.15 Å². The first-order valence-corrected chi connectivity index (χ1v) is 5.80. The fourth-order valence-electron chi connectivity index (χ4n) is 1.56. The lowest BCUT2D eigenvalue weighted by atomic mass is 10.1. The molecule has 0 radical (unpaired) electrons. The number of halogens is 1. The van der Waals surface area contributed by atoms with Crippen LogP contribution in [0.5, 0.6) is 5.75 Å². The molecule has 0 aliphatic heterocycles. The number of imidazole rings is 1. The summed E-state index contributed by atoms with van der Waals surface area (Å²) in [5.41, 5.74) is 7.16. The molecular formula is C12H14ClN3O. The number of rotatable bonds is 4. The number of nitrogens with zero attached hydrogens (tertiary/aromatic N) is 1. The smallest absolute Gasteiger partial charge is 0.134 e. The molecule has 0 bridgehead atoms. The van der Waals surface area contributed by atoms with E-state index < -0.39 is 0 Å². The van der Waals surface area contributed by atoms with Gasteiger partial charge in [-0.25, -0.2) is 4.98 Å². The van der Waals surface area contributed by atoms with Gasteiger partial charge in [0.1, 0.15) is 22.4 Å². The van der Waals surface area contributed by atoms with Gasteiger partial charge < -0.3 is 15.5 Å². The van der Waals surface area contributed by atoms with Gasteiger partial charge in [-0.2, -0.15) is 0 Å². The zero-order valence-electron chi connectivity index (χ0n) is 9.53. The summed E-state index contributed by atoms with van der Waals surface area (Å²) in [6.07, 6.45) is 0. The van der Waals surface area contributed by atoms with Gasteiger partial charge in [0.15, 0.2) is 0 Å². The van der Waals surface area contributed by atoms with Crippen molar-refractivity contribution in [3.05, 3.63) is 35.2 Å². The van der Waals surface area contributed by atoms with Crippen molar-refractivity contribution in [3.63, 3.8) is 0 Å². The molecule has 1 aromatic heterocycles. The van der Waals surface area contributed by atoms with Gasteiger partial charge in [0.05, 0.1) is 13.2 Å². The van der Waals surface area contributed by atoms with Crippen LogP contribution in [0.3, 0.4) is 0 Å². The van der Waals surface area contributed by atoms with E-state index in [9.17, 15) is 0 Å². The first-order chi connectivity index (χ1) is 8.24. The lowest BCUT2D eigenvalue weighted by Crippen LogP contribution is -1.97. The minimum Gasteiger partial charge on any atom is -0.494 e. The Kier molecular flexibility index (Phi) is 3.66. The van der Waals surface area contributed by atoms with Crippen LogP contribution in [0.15, 0.2) is 24.3 Å². The standard InChI is InChI=1S/C12H14ClN3O/c1-2-17-9-5-3-8(4-6-9)11-12(13)16-10(7-14)15-11/h3-6H,2,7,14H2,1H3,(H,15,16). The molecule has 0 saturated carbocycles. The Hall–Kier alpha value is -1.52. The number of hydrogen-bond acceptors (Lipinski definition) is 3. The number of aromatic amines is 1. The molecule has 0 unspecified atom stereocenters. The van der Waals surface area contributed by atoms with Crippen LogP contribution in [-0.2, 0) is 6.54 Å². The maximum absolute atomic E-state index is 6.05. The Morgan fingerprint density at radius 2 is 2.06 bits per heavy atom. The zero-order chi connectivity index (χ0) is 12.3. The Morgan fingerprint density at radius 1 is 1.35 bits per heavy atom. The van der Waals surface area contributed by atoms with Gasteiger partial charge >= 0.3 is 0 Å². The molecule has 5 heteroatoms. The third-order valence-corrected chi connectivity index (χ3v) is 2.61. The third-order valence-electron chi connectivity index (χ3n) is 2.34. The van der Waals surface area contributed by atoms with Gasteiger partial charge in [-0.3, -0.25) is 0 Å². The minimum atomic E-state index is 0.344. The van der Waals surface area contributed by atoms with Gasteiger partial charge in [-0.05, 0) is 31.2 Å². The van der Waals surface area contributed by atoms with E-state index >= 15 is 0 Å². The van der Waals surface area contributed by atoms with E-state index in [1.54, 1.807) is 0 Å². The number of aromatic nitrogens is 2. The molecule has 0 aliphatic carbocycles. The third kappa shape index (κ3) is 2.60. The summed E-state index contributed by atoms with van der Waals surface area (Å²) in [4.78, 5) is 7.25. The van der Waals surface area contributed by atoms with Crippen LogP contribution >= 0.6 is 11.6 Å². The Morgan fingerprint density at radius 3 is 2.59 bits per heavy atom. The van der Waals surface area contributed by atoms with Crippen molar-refractivity contribution in [2.45, 2.75) is 13.5 Å². The molecule has 0 saturated heterocycles. The van der Waals surface area contributed by atoms with Crippen LogP contribution in [0.25, 0.3) is 11.3 Å². The normalized spacial score (nSPS) is 10.5. The average molecular weight is 252 g/mol. The van der Waals surface area contributed by atoms with Crippen molar-refractivity contribution in [3.8, 4) is 17.0 Å². The summed E-state index contributed by atoms with van der Waals surface area (Å²) >= 11 is 6.05. The number of nitrogens with two attached hydrogens (primary N) is 1. The van der Waals surface area contributed by atoms with Gasteiger partial charge in [-0.1, -0.05) is 11.6 Å². The number of H-pyrrole nitrogens is 1. The van der Waals surface area contributed by atoms with E-state index in [2.05, 4.69) is 9.97 Å². The SMILES string of the molecule is CCOc1ccc(-c2nc(CN)[nH]c2Cl)cc1. The molecule has 3 N–H and O–H groups in total. The van der Waals surface area contributed by atoms with Gasteiger partial charge in [0, 0.05) is 5.56 Å². The molecule has 2 rings (SSSR count). The van der Waals surface area contributed by atoms with E-state index in [0.717, 1.165) is 17.0 Å². The molecule has 4 nitrogen and oxygen atoms in total. The zero-order valence-corrected chi connectivity index (χ0v) is 10.3. The second-order valence-corrected chi connectivity index (χ2v) is 3.89. The largest absolute Gasteiger partial charge is 0.494 e. The highest BCUT2D eigenvalue weighted by Gasteiger charge is 2.09. The number of benzene rings is 1. The van der Waals surface area contributed by atoms with Gasteiger partial charge in [-0.15, -0.1) is 0 Å². The van der Waals surface area contributed by atoms with Crippen molar-refractivity contribution in [2.75, 3.05) is 6.61 Å². The highest BCUT2D eigenvalue weighted by molar-refractivity contribution is 6.31. The van der Waals surface area contributed by atoms with Crippen molar-refractivity contribution in [1.82, 2.24) is 9.97 Å². The molecule has 0 aliphatic rings. The van der Waals surface area contributed by atoms with Gasteiger partial charge in [0.25, 0.3) is 0 Å². The van der Waals surface area contributed by atoms with Gasteiger partial charge in [0.2, 0.25) is 0 Å². The second-order valence-electron chi connectivity index (χ2n) is 3.51. The molecule has 2 aromatic rings. The maximum atomic E-state index is 6.05. The molecule has 1 aromatic carbocycles. The first kappa shape index (κ1) is 12.0. The molecule has 90 valence electrons. The molecule has 17 heavy (non-hydrogen) atoms. The summed E-state index contributed by atoms with van der Waals surface area (Å²) in [6, 6.07) is 7.64. The summed E-state index contributed by atoms with van der Waals surface area (Å²) in [7, 11) is 0. The number of nitrogens with one attached hydrogen (secondary N) is 1. The highest BCUT2D eigenvalue weighted by atomic mass is 35.5. The lowest BCUT2D eigenvalue weighted by molar-refractivity contribution is 0.340. The molecule has 0 amide bonds. The fraction of sp³-hybridized carbons (Fsp3) is 0.250.